The molecule has 0 saturated carbocycles. The van der Waals surface area contributed by atoms with Crippen LogP contribution in [-0.4, -0.2) is 99.9 Å². The summed E-state index contributed by atoms with van der Waals surface area (Å²) >= 11 is 0. The maximum atomic E-state index is 12.9. The van der Waals surface area contributed by atoms with E-state index in [0.717, 1.165) is 0 Å². The molecule has 0 spiro atoms. The summed E-state index contributed by atoms with van der Waals surface area (Å²) in [7, 11) is -5.06. The first-order chi connectivity index (χ1) is 16.1. The Bertz CT molecular complexity index is 789. The van der Waals surface area contributed by atoms with Crippen molar-refractivity contribution in [3.05, 3.63) is 0 Å². The van der Waals surface area contributed by atoms with Crippen LogP contribution in [0.3, 0.4) is 0 Å². The predicted octanol–water partition coefficient (Wildman–Crippen LogP) is -4.39. The number of phosphoric ester groups is 1. The fraction of sp³-hybridized carbons (Fsp3) is 0.722. The van der Waals surface area contributed by atoms with Gasteiger partial charge in [0.25, 0.3) is 0 Å². The molecule has 0 aliphatic rings. The average Bonchev–Trinajstić information content (AvgIpc) is 2.76. The SMILES string of the molecule is CC(C)C[C@H](NC(=O)[C@H](CO)NC(=O)[C@H](C)N)C(=O)N[C@@H](COP(=O)(O)O)C(=O)N[C@H](C=O)CO. The van der Waals surface area contributed by atoms with Crippen LogP contribution in [0.5, 0.6) is 0 Å². The lowest BCUT2D eigenvalue weighted by Gasteiger charge is -2.26. The lowest BCUT2D eigenvalue weighted by Crippen LogP contribution is -2.59. The molecule has 0 rings (SSSR count). The number of aliphatic hydroxyl groups excluding tert-OH is 2. The molecule has 35 heavy (non-hydrogen) atoms. The third kappa shape index (κ3) is 13.3. The van der Waals surface area contributed by atoms with Crippen molar-refractivity contribution in [2.75, 3.05) is 19.8 Å². The minimum absolute atomic E-state index is 0.0260. The summed E-state index contributed by atoms with van der Waals surface area (Å²) in [6.07, 6.45) is 0.228. The first-order valence-corrected chi connectivity index (χ1v) is 12.0. The van der Waals surface area contributed by atoms with Gasteiger partial charge in [-0.15, -0.1) is 0 Å². The molecule has 0 aromatic heterocycles. The summed E-state index contributed by atoms with van der Waals surface area (Å²) < 4.78 is 15.3. The zero-order valence-electron chi connectivity index (χ0n) is 19.5. The second kappa shape index (κ2) is 15.5. The smallest absolute Gasteiger partial charge is 0.394 e. The Labute approximate surface area is 201 Å². The van der Waals surface area contributed by atoms with E-state index in [9.17, 15) is 33.6 Å². The molecule has 0 bridgehead atoms. The normalized spacial score (nSPS) is 15.8. The molecule has 202 valence electrons. The molecule has 0 fully saturated rings. The van der Waals surface area contributed by atoms with E-state index in [1.807, 2.05) is 0 Å². The predicted molar refractivity (Wildman–Crippen MR) is 119 cm³/mol. The maximum absolute atomic E-state index is 12.9. The van der Waals surface area contributed by atoms with Crippen molar-refractivity contribution >= 4 is 37.7 Å². The molecule has 0 unspecified atom stereocenters. The monoisotopic (exact) mass is 527 g/mol. The Kier molecular flexibility index (Phi) is 14.4. The van der Waals surface area contributed by atoms with Gasteiger partial charge in [-0.25, -0.2) is 4.57 Å². The number of carbonyl (C=O) groups is 5. The summed E-state index contributed by atoms with van der Waals surface area (Å²) in [5.74, 6) is -3.92. The van der Waals surface area contributed by atoms with Gasteiger partial charge >= 0.3 is 7.82 Å². The number of hydrogen-bond donors (Lipinski definition) is 9. The van der Waals surface area contributed by atoms with Crippen molar-refractivity contribution < 1.29 is 53.1 Å². The maximum Gasteiger partial charge on any atom is 0.469 e. The number of carbonyl (C=O) groups excluding carboxylic acids is 5. The van der Waals surface area contributed by atoms with E-state index in [2.05, 4.69) is 25.8 Å². The average molecular weight is 527 g/mol. The second-order valence-corrected chi connectivity index (χ2v) is 9.24. The lowest BCUT2D eigenvalue weighted by molar-refractivity contribution is -0.135. The van der Waals surface area contributed by atoms with Crippen molar-refractivity contribution in [2.24, 2.45) is 11.7 Å². The molecule has 4 amide bonds. The molecule has 0 saturated heterocycles. The van der Waals surface area contributed by atoms with Gasteiger partial charge in [0.1, 0.15) is 30.5 Å². The van der Waals surface area contributed by atoms with Crippen molar-refractivity contribution in [1.29, 1.82) is 0 Å². The number of nitrogens with two attached hydrogens (primary N) is 1. The van der Waals surface area contributed by atoms with Gasteiger partial charge in [0.05, 0.1) is 25.9 Å². The number of nitrogens with one attached hydrogen (secondary N) is 4. The Hall–Kier alpha value is -2.46. The van der Waals surface area contributed by atoms with E-state index in [1.54, 1.807) is 13.8 Å². The van der Waals surface area contributed by atoms with Gasteiger partial charge in [-0.2, -0.15) is 0 Å². The topological polar surface area (TPSA) is 267 Å². The summed E-state index contributed by atoms with van der Waals surface area (Å²) in [5.41, 5.74) is 5.42. The highest BCUT2D eigenvalue weighted by Crippen LogP contribution is 2.35. The third-order valence-electron chi connectivity index (χ3n) is 4.30. The van der Waals surface area contributed by atoms with Gasteiger partial charge in [0, 0.05) is 0 Å². The van der Waals surface area contributed by atoms with Crippen LogP contribution < -0.4 is 27.0 Å². The van der Waals surface area contributed by atoms with Crippen molar-refractivity contribution in [2.45, 2.75) is 57.4 Å². The highest BCUT2D eigenvalue weighted by Gasteiger charge is 2.32. The molecule has 0 aromatic rings. The molecule has 10 N–H and O–H groups in total. The molecule has 0 aliphatic heterocycles. The second-order valence-electron chi connectivity index (χ2n) is 8.00. The first-order valence-electron chi connectivity index (χ1n) is 10.5. The van der Waals surface area contributed by atoms with E-state index in [1.165, 1.54) is 6.92 Å². The fourth-order valence-corrected chi connectivity index (χ4v) is 2.85. The third-order valence-corrected chi connectivity index (χ3v) is 4.79. The van der Waals surface area contributed by atoms with Crippen LogP contribution in [0.4, 0.5) is 0 Å². The lowest BCUT2D eigenvalue weighted by atomic mass is 10.0. The van der Waals surface area contributed by atoms with Crippen LogP contribution in [0.2, 0.25) is 0 Å². The first kappa shape index (κ1) is 32.5. The molecular weight excluding hydrogens is 493 g/mol. The Morgan fingerprint density at radius 1 is 0.857 bits per heavy atom. The molecule has 0 aliphatic carbocycles. The van der Waals surface area contributed by atoms with Crippen molar-refractivity contribution in [3.63, 3.8) is 0 Å². The van der Waals surface area contributed by atoms with E-state index >= 15 is 0 Å². The Morgan fingerprint density at radius 3 is 1.77 bits per heavy atom. The summed E-state index contributed by atoms with van der Waals surface area (Å²) in [6, 6.07) is -6.82. The molecule has 0 heterocycles. The van der Waals surface area contributed by atoms with Crippen LogP contribution in [0.25, 0.3) is 0 Å². The molecular formula is C18H34N5O11P. The molecule has 5 atom stereocenters. The van der Waals surface area contributed by atoms with Gasteiger partial charge in [-0.05, 0) is 19.3 Å². The van der Waals surface area contributed by atoms with Crippen LogP contribution in [0.15, 0.2) is 0 Å². The zero-order chi connectivity index (χ0) is 27.3. The highest BCUT2D eigenvalue weighted by atomic mass is 31.2. The molecule has 0 aromatic carbocycles. The largest absolute Gasteiger partial charge is 0.469 e. The van der Waals surface area contributed by atoms with Gasteiger partial charge in [-0.1, -0.05) is 13.8 Å². The molecule has 0 radical (unpaired) electrons. The van der Waals surface area contributed by atoms with Crippen molar-refractivity contribution in [1.82, 2.24) is 21.3 Å². The number of phosphoric acid groups is 1. The fourth-order valence-electron chi connectivity index (χ4n) is 2.51. The van der Waals surface area contributed by atoms with Crippen LogP contribution >= 0.6 is 7.82 Å². The van der Waals surface area contributed by atoms with Gasteiger partial charge in [0.15, 0.2) is 0 Å². The Morgan fingerprint density at radius 2 is 1.34 bits per heavy atom. The van der Waals surface area contributed by atoms with E-state index < -0.39 is 81.5 Å². The summed E-state index contributed by atoms with van der Waals surface area (Å²) in [6.45, 7) is 2.18. The molecule has 17 heteroatoms. The zero-order valence-corrected chi connectivity index (χ0v) is 20.4. The van der Waals surface area contributed by atoms with E-state index in [4.69, 9.17) is 20.6 Å². The Balaban J connectivity index is 5.65. The van der Waals surface area contributed by atoms with Crippen LogP contribution in [0, 0.1) is 5.92 Å². The van der Waals surface area contributed by atoms with E-state index in [-0.39, 0.29) is 18.6 Å². The number of rotatable bonds is 16. The standard InChI is InChI=1S/C18H34N5O11P/c1-9(2)4-12(21-17(29)13(7-26)22-15(27)10(3)19)16(28)23-14(8-34-35(31,32)33)18(30)20-11(5-24)6-25/h5,9-14,25-26H,4,6-8,19H2,1-3H3,(H,20,30)(H,21,29)(H,22,27)(H,23,28)(H2,31,32,33)/t10-,11+,12-,13-,14-/m0/s1. The number of hydrogen-bond acceptors (Lipinski definition) is 10. The number of aldehydes is 1. The summed E-state index contributed by atoms with van der Waals surface area (Å²) in [4.78, 5) is 78.3. The van der Waals surface area contributed by atoms with Gasteiger partial charge < -0.3 is 51.8 Å². The van der Waals surface area contributed by atoms with Crippen molar-refractivity contribution in [3.8, 4) is 0 Å². The minimum atomic E-state index is -5.06. The molecule has 16 nitrogen and oxygen atoms in total. The van der Waals surface area contributed by atoms with Gasteiger partial charge in [0.2, 0.25) is 23.6 Å². The van der Waals surface area contributed by atoms with Crippen LogP contribution in [0.1, 0.15) is 27.2 Å². The minimum Gasteiger partial charge on any atom is -0.394 e. The van der Waals surface area contributed by atoms with E-state index in [0.29, 0.717) is 0 Å². The highest BCUT2D eigenvalue weighted by molar-refractivity contribution is 7.46. The quantitative estimate of drug-likeness (QED) is 0.0680. The van der Waals surface area contributed by atoms with Crippen LogP contribution in [-0.2, 0) is 33.1 Å². The van der Waals surface area contributed by atoms with Gasteiger partial charge in [-0.3, -0.25) is 23.7 Å². The number of aliphatic hydroxyl groups is 2. The summed E-state index contributed by atoms with van der Waals surface area (Å²) in [5, 5.41) is 27.3. The number of amides is 4.